The van der Waals surface area contributed by atoms with E-state index in [-0.39, 0.29) is 17.9 Å². The minimum Gasteiger partial charge on any atom is -0.357 e. The summed E-state index contributed by atoms with van der Waals surface area (Å²) in [5.41, 5.74) is 5.88. The molecule has 0 aromatic heterocycles. The van der Waals surface area contributed by atoms with Crippen LogP contribution in [0.5, 0.6) is 0 Å². The van der Waals surface area contributed by atoms with Crippen molar-refractivity contribution in [2.75, 3.05) is 13.6 Å². The first-order valence-corrected chi connectivity index (χ1v) is 6.25. The topological polar surface area (TPSA) is 75.4 Å². The van der Waals surface area contributed by atoms with Gasteiger partial charge in [0.05, 0.1) is 6.04 Å². The number of hydrogen-bond donors (Lipinski definition) is 2. The molecule has 5 nitrogen and oxygen atoms in total. The Kier molecular flexibility index (Phi) is 4.93. The number of rotatable bonds is 4. The Morgan fingerprint density at radius 1 is 1.47 bits per heavy atom. The fourth-order valence-electron chi connectivity index (χ4n) is 2.29. The minimum atomic E-state index is -0.486. The number of carbonyl (C=O) groups excluding carboxylic acids is 2. The number of nitrogens with two attached hydrogens (primary N) is 1. The smallest absolute Gasteiger partial charge is 0.242 e. The molecule has 0 radical (unpaired) electrons. The highest BCUT2D eigenvalue weighted by Gasteiger charge is 2.35. The van der Waals surface area contributed by atoms with Crippen molar-refractivity contribution in [3.8, 4) is 0 Å². The summed E-state index contributed by atoms with van der Waals surface area (Å²) in [5.74, 6) is 0.201. The maximum Gasteiger partial charge on any atom is 0.242 e. The first-order chi connectivity index (χ1) is 7.97. The van der Waals surface area contributed by atoms with Gasteiger partial charge in [0, 0.05) is 13.6 Å². The molecular weight excluding hydrogens is 218 g/mol. The van der Waals surface area contributed by atoms with E-state index in [0.29, 0.717) is 18.9 Å². The molecule has 3 N–H and O–H groups in total. The van der Waals surface area contributed by atoms with E-state index < -0.39 is 6.04 Å². The quantitative estimate of drug-likeness (QED) is 0.733. The van der Waals surface area contributed by atoms with Crippen molar-refractivity contribution in [1.29, 1.82) is 0 Å². The lowest BCUT2D eigenvalue weighted by Crippen LogP contribution is -2.51. The van der Waals surface area contributed by atoms with Crippen LogP contribution in [0.15, 0.2) is 0 Å². The van der Waals surface area contributed by atoms with Gasteiger partial charge in [0.2, 0.25) is 11.8 Å². The van der Waals surface area contributed by atoms with E-state index in [1.54, 1.807) is 11.9 Å². The van der Waals surface area contributed by atoms with Crippen molar-refractivity contribution < 1.29 is 9.59 Å². The SMILES string of the molecule is CNC(=O)C1CCCN1C(=O)[C@H](N)CC(C)C. The highest BCUT2D eigenvalue weighted by molar-refractivity contribution is 5.90. The van der Waals surface area contributed by atoms with Gasteiger partial charge in [0.25, 0.3) is 0 Å². The van der Waals surface area contributed by atoms with Crippen molar-refractivity contribution in [2.24, 2.45) is 11.7 Å². The summed E-state index contributed by atoms with van der Waals surface area (Å²) in [6, 6.07) is -0.814. The summed E-state index contributed by atoms with van der Waals surface area (Å²) < 4.78 is 0. The summed E-state index contributed by atoms with van der Waals surface area (Å²) in [6.45, 7) is 4.71. The standard InChI is InChI=1S/C12H23N3O2/c1-8(2)7-9(13)12(17)15-6-4-5-10(15)11(16)14-3/h8-10H,4-7,13H2,1-3H3,(H,14,16)/t9-,10?/m1/s1. The molecule has 1 saturated heterocycles. The molecule has 98 valence electrons. The van der Waals surface area contributed by atoms with E-state index in [0.717, 1.165) is 12.8 Å². The van der Waals surface area contributed by atoms with Crippen LogP contribution < -0.4 is 11.1 Å². The highest BCUT2D eigenvalue weighted by atomic mass is 16.2. The van der Waals surface area contributed by atoms with Crippen LogP contribution in [0.2, 0.25) is 0 Å². The van der Waals surface area contributed by atoms with Crippen LogP contribution >= 0.6 is 0 Å². The monoisotopic (exact) mass is 241 g/mol. The molecule has 0 saturated carbocycles. The zero-order valence-electron chi connectivity index (χ0n) is 10.9. The summed E-state index contributed by atoms with van der Waals surface area (Å²) in [6.07, 6.45) is 2.27. The molecule has 1 fully saturated rings. The van der Waals surface area contributed by atoms with Gasteiger partial charge in [-0.15, -0.1) is 0 Å². The number of amides is 2. The average Bonchev–Trinajstić information content (AvgIpc) is 2.74. The maximum atomic E-state index is 12.1. The number of hydrogen-bond acceptors (Lipinski definition) is 3. The van der Waals surface area contributed by atoms with Crippen molar-refractivity contribution in [1.82, 2.24) is 10.2 Å². The fourth-order valence-corrected chi connectivity index (χ4v) is 2.29. The van der Waals surface area contributed by atoms with E-state index in [9.17, 15) is 9.59 Å². The van der Waals surface area contributed by atoms with Gasteiger partial charge in [-0.25, -0.2) is 0 Å². The van der Waals surface area contributed by atoms with Crippen LogP contribution in [0, 0.1) is 5.92 Å². The molecule has 5 heteroatoms. The highest BCUT2D eigenvalue weighted by Crippen LogP contribution is 2.19. The normalized spacial score (nSPS) is 21.7. The number of carbonyl (C=O) groups is 2. The lowest BCUT2D eigenvalue weighted by Gasteiger charge is -2.26. The molecule has 1 heterocycles. The third kappa shape index (κ3) is 3.43. The van der Waals surface area contributed by atoms with E-state index in [1.807, 2.05) is 13.8 Å². The largest absolute Gasteiger partial charge is 0.357 e. The van der Waals surface area contributed by atoms with Crippen molar-refractivity contribution in [3.63, 3.8) is 0 Å². The van der Waals surface area contributed by atoms with Gasteiger partial charge < -0.3 is 16.0 Å². The third-order valence-electron chi connectivity index (χ3n) is 3.13. The molecule has 17 heavy (non-hydrogen) atoms. The molecule has 1 aliphatic rings. The van der Waals surface area contributed by atoms with Gasteiger partial charge >= 0.3 is 0 Å². The fraction of sp³-hybridized carbons (Fsp3) is 0.833. The van der Waals surface area contributed by atoms with Gasteiger partial charge in [0.15, 0.2) is 0 Å². The van der Waals surface area contributed by atoms with Gasteiger partial charge in [0.1, 0.15) is 6.04 Å². The Morgan fingerprint density at radius 3 is 2.65 bits per heavy atom. The lowest BCUT2D eigenvalue weighted by molar-refractivity contribution is -0.139. The molecular formula is C12H23N3O2. The Hall–Kier alpha value is -1.10. The summed E-state index contributed by atoms with van der Waals surface area (Å²) in [7, 11) is 1.59. The molecule has 1 rings (SSSR count). The van der Waals surface area contributed by atoms with E-state index in [2.05, 4.69) is 5.32 Å². The molecule has 1 unspecified atom stereocenters. The average molecular weight is 241 g/mol. The van der Waals surface area contributed by atoms with Gasteiger partial charge in [-0.05, 0) is 25.2 Å². The summed E-state index contributed by atoms with van der Waals surface area (Å²) >= 11 is 0. The zero-order valence-corrected chi connectivity index (χ0v) is 10.9. The summed E-state index contributed by atoms with van der Waals surface area (Å²) in [5, 5.41) is 2.60. The first kappa shape index (κ1) is 14.0. The lowest BCUT2D eigenvalue weighted by atomic mass is 10.0. The predicted octanol–water partition coefficient (Wildman–Crippen LogP) is 0.0968. The van der Waals surface area contributed by atoms with Crippen LogP contribution in [-0.2, 0) is 9.59 Å². The molecule has 0 aromatic carbocycles. The van der Waals surface area contributed by atoms with Gasteiger partial charge in [-0.1, -0.05) is 13.8 Å². The molecule has 0 spiro atoms. The van der Waals surface area contributed by atoms with Crippen LogP contribution in [-0.4, -0.2) is 42.4 Å². The van der Waals surface area contributed by atoms with Crippen molar-refractivity contribution in [3.05, 3.63) is 0 Å². The Morgan fingerprint density at radius 2 is 2.12 bits per heavy atom. The number of likely N-dealkylation sites (tertiary alicyclic amines) is 1. The second kappa shape index (κ2) is 6.00. The number of nitrogens with one attached hydrogen (secondary N) is 1. The molecule has 0 aromatic rings. The van der Waals surface area contributed by atoms with Crippen molar-refractivity contribution in [2.45, 2.75) is 45.2 Å². The van der Waals surface area contributed by atoms with Crippen LogP contribution in [0.25, 0.3) is 0 Å². The summed E-state index contributed by atoms with van der Waals surface area (Å²) in [4.78, 5) is 25.4. The van der Waals surface area contributed by atoms with Crippen molar-refractivity contribution >= 4 is 11.8 Å². The number of likely N-dealkylation sites (N-methyl/N-ethyl adjacent to an activating group) is 1. The van der Waals surface area contributed by atoms with Gasteiger partial charge in [-0.3, -0.25) is 9.59 Å². The molecule has 0 bridgehead atoms. The number of nitrogens with zero attached hydrogens (tertiary/aromatic N) is 1. The Labute approximate surface area is 103 Å². The molecule has 2 amide bonds. The van der Waals surface area contributed by atoms with Crippen LogP contribution in [0.4, 0.5) is 0 Å². The van der Waals surface area contributed by atoms with E-state index in [4.69, 9.17) is 5.73 Å². The predicted molar refractivity (Wildman–Crippen MR) is 66.2 cm³/mol. The van der Waals surface area contributed by atoms with E-state index in [1.165, 1.54) is 0 Å². The Bertz CT molecular complexity index is 291. The minimum absolute atomic E-state index is 0.0902. The second-order valence-corrected chi connectivity index (χ2v) is 5.04. The Balaban J connectivity index is 2.64. The van der Waals surface area contributed by atoms with Gasteiger partial charge in [-0.2, -0.15) is 0 Å². The van der Waals surface area contributed by atoms with E-state index >= 15 is 0 Å². The molecule has 0 aliphatic carbocycles. The molecule has 1 aliphatic heterocycles. The maximum absolute atomic E-state index is 12.1. The zero-order chi connectivity index (χ0) is 13.0. The molecule has 2 atom stereocenters. The van der Waals surface area contributed by atoms with Crippen LogP contribution in [0.1, 0.15) is 33.1 Å². The third-order valence-corrected chi connectivity index (χ3v) is 3.13. The first-order valence-electron chi connectivity index (χ1n) is 6.25. The van der Waals surface area contributed by atoms with Crippen LogP contribution in [0.3, 0.4) is 0 Å². The second-order valence-electron chi connectivity index (χ2n) is 5.04.